The summed E-state index contributed by atoms with van der Waals surface area (Å²) < 4.78 is 5.50. The van der Waals surface area contributed by atoms with E-state index in [1.807, 2.05) is 46.1 Å². The van der Waals surface area contributed by atoms with Gasteiger partial charge in [-0.1, -0.05) is 12.1 Å². The normalized spacial score (nSPS) is 10.7. The molecule has 0 aliphatic heterocycles. The van der Waals surface area contributed by atoms with Gasteiger partial charge in [0.1, 0.15) is 17.3 Å². The van der Waals surface area contributed by atoms with Crippen molar-refractivity contribution in [3.8, 4) is 11.1 Å². The molecule has 2 aromatic heterocycles. The van der Waals surface area contributed by atoms with E-state index in [4.69, 9.17) is 4.42 Å². The minimum atomic E-state index is -0.0669. The second-order valence-corrected chi connectivity index (χ2v) is 6.89. The maximum absolute atomic E-state index is 12.2. The van der Waals surface area contributed by atoms with E-state index in [1.165, 1.54) is 0 Å². The molecule has 1 N–H and O–H groups in total. The molecule has 0 aliphatic rings. The Morgan fingerprint density at radius 3 is 2.41 bits per heavy atom. The Morgan fingerprint density at radius 2 is 1.81 bits per heavy atom. The highest BCUT2D eigenvalue weighted by Crippen LogP contribution is 2.25. The fourth-order valence-electron chi connectivity index (χ4n) is 2.87. The van der Waals surface area contributed by atoms with Gasteiger partial charge in [-0.15, -0.1) is 0 Å². The zero-order chi connectivity index (χ0) is 19.4. The number of rotatable bonds is 6. The number of nitrogens with one attached hydrogen (secondary N) is 1. The number of pyridine rings is 1. The summed E-state index contributed by atoms with van der Waals surface area (Å²) in [5.41, 5.74) is 4.22. The van der Waals surface area contributed by atoms with Crippen molar-refractivity contribution in [3.05, 3.63) is 65.7 Å². The number of aryl methyl sites for hydroxylation is 3. The number of carbonyl (C=O) groups excluding carboxylic acids is 1. The average molecular weight is 363 g/mol. The second-order valence-electron chi connectivity index (χ2n) is 6.89. The molecule has 5 nitrogen and oxygen atoms in total. The second kappa shape index (κ2) is 8.08. The van der Waals surface area contributed by atoms with Gasteiger partial charge in [0.25, 0.3) is 0 Å². The number of carbonyl (C=O) groups is 1. The van der Waals surface area contributed by atoms with Crippen molar-refractivity contribution in [3.63, 3.8) is 0 Å². The third kappa shape index (κ3) is 4.76. The number of amides is 1. The maximum atomic E-state index is 12.2. The van der Waals surface area contributed by atoms with E-state index in [2.05, 4.69) is 39.5 Å². The molecule has 0 spiro atoms. The zero-order valence-electron chi connectivity index (χ0n) is 16.2. The van der Waals surface area contributed by atoms with Crippen LogP contribution < -0.4 is 10.2 Å². The lowest BCUT2D eigenvalue weighted by Gasteiger charge is -2.13. The van der Waals surface area contributed by atoms with Crippen LogP contribution in [0.1, 0.15) is 23.5 Å². The Bertz CT molecular complexity index is 927. The average Bonchev–Trinajstić information content (AvgIpc) is 3.07. The van der Waals surface area contributed by atoms with E-state index in [0.29, 0.717) is 18.7 Å². The van der Waals surface area contributed by atoms with Gasteiger partial charge in [-0.3, -0.25) is 4.79 Å². The van der Waals surface area contributed by atoms with Gasteiger partial charge in [-0.05, 0) is 55.3 Å². The van der Waals surface area contributed by atoms with Crippen LogP contribution in [0.4, 0.5) is 11.5 Å². The molecule has 0 saturated heterocycles. The number of benzene rings is 1. The molecule has 3 aromatic rings. The Hall–Kier alpha value is -3.08. The van der Waals surface area contributed by atoms with Crippen molar-refractivity contribution in [2.75, 3.05) is 24.3 Å². The van der Waals surface area contributed by atoms with Crippen molar-refractivity contribution in [2.24, 2.45) is 0 Å². The lowest BCUT2D eigenvalue weighted by molar-refractivity contribution is -0.116. The number of furan rings is 1. The summed E-state index contributed by atoms with van der Waals surface area (Å²) in [7, 11) is 4.04. The Labute approximate surface area is 160 Å². The van der Waals surface area contributed by atoms with Crippen LogP contribution in [-0.4, -0.2) is 25.0 Å². The van der Waals surface area contributed by atoms with Gasteiger partial charge in [0.2, 0.25) is 5.91 Å². The van der Waals surface area contributed by atoms with E-state index in [0.717, 1.165) is 33.9 Å². The van der Waals surface area contributed by atoms with Crippen LogP contribution >= 0.6 is 0 Å². The molecule has 27 heavy (non-hydrogen) atoms. The highest BCUT2D eigenvalue weighted by Gasteiger charge is 2.09. The molecule has 0 fully saturated rings. The Kier molecular flexibility index (Phi) is 5.60. The van der Waals surface area contributed by atoms with Crippen LogP contribution in [0.3, 0.4) is 0 Å². The van der Waals surface area contributed by atoms with Gasteiger partial charge in [-0.25, -0.2) is 4.98 Å². The molecular weight excluding hydrogens is 338 g/mol. The van der Waals surface area contributed by atoms with Gasteiger partial charge in [-0.2, -0.15) is 0 Å². The summed E-state index contributed by atoms with van der Waals surface area (Å²) >= 11 is 0. The number of aromatic nitrogens is 1. The molecule has 0 unspecified atom stereocenters. The van der Waals surface area contributed by atoms with Gasteiger partial charge < -0.3 is 14.6 Å². The van der Waals surface area contributed by atoms with E-state index in [1.54, 1.807) is 6.20 Å². The largest absolute Gasteiger partial charge is 0.466 e. The lowest BCUT2D eigenvalue weighted by atomic mass is 10.1. The molecule has 0 bridgehead atoms. The molecule has 1 aromatic carbocycles. The van der Waals surface area contributed by atoms with E-state index < -0.39 is 0 Å². The topological polar surface area (TPSA) is 58.4 Å². The van der Waals surface area contributed by atoms with Gasteiger partial charge in [0, 0.05) is 44.4 Å². The molecule has 5 heteroatoms. The predicted octanol–water partition coefficient (Wildman–Crippen LogP) is 4.60. The Balaban J connectivity index is 1.64. The third-order valence-electron chi connectivity index (χ3n) is 4.45. The van der Waals surface area contributed by atoms with Crippen LogP contribution in [0.25, 0.3) is 11.1 Å². The van der Waals surface area contributed by atoms with Crippen LogP contribution in [0.2, 0.25) is 0 Å². The van der Waals surface area contributed by atoms with Gasteiger partial charge >= 0.3 is 0 Å². The monoisotopic (exact) mass is 363 g/mol. The summed E-state index contributed by atoms with van der Waals surface area (Å²) in [4.78, 5) is 18.7. The Morgan fingerprint density at radius 1 is 1.07 bits per heavy atom. The summed E-state index contributed by atoms with van der Waals surface area (Å²) in [6.07, 6.45) is 2.74. The molecule has 1 amide bonds. The smallest absolute Gasteiger partial charge is 0.225 e. The highest BCUT2D eigenvalue weighted by atomic mass is 16.3. The number of nitrogens with zero attached hydrogens (tertiary/aromatic N) is 2. The summed E-state index contributed by atoms with van der Waals surface area (Å²) in [5, 5.41) is 2.89. The first-order valence-corrected chi connectivity index (χ1v) is 9.02. The highest BCUT2D eigenvalue weighted by molar-refractivity contribution is 5.90. The zero-order valence-corrected chi connectivity index (χ0v) is 16.2. The first-order chi connectivity index (χ1) is 12.9. The number of anilines is 2. The molecule has 2 heterocycles. The first kappa shape index (κ1) is 18.7. The SMILES string of the molecule is Cc1ccc(CCC(=O)Nc2ncc(-c3ccc(N(C)C)cc3)cc2C)o1. The summed E-state index contributed by atoms with van der Waals surface area (Å²) in [6, 6.07) is 14.2. The van der Waals surface area contributed by atoms with E-state index in [-0.39, 0.29) is 5.91 Å². The number of hydrogen-bond donors (Lipinski definition) is 1. The van der Waals surface area contributed by atoms with Crippen LogP contribution in [0, 0.1) is 13.8 Å². The maximum Gasteiger partial charge on any atom is 0.225 e. The fraction of sp³-hybridized carbons (Fsp3) is 0.273. The minimum Gasteiger partial charge on any atom is -0.466 e. The third-order valence-corrected chi connectivity index (χ3v) is 4.45. The quantitative estimate of drug-likeness (QED) is 0.695. The standard InChI is InChI=1S/C22H25N3O2/c1-15-13-18(17-6-8-19(9-7-17)25(3)4)14-23-22(15)24-21(26)12-11-20-10-5-16(2)27-20/h5-10,13-14H,11-12H2,1-4H3,(H,23,24,26). The first-order valence-electron chi connectivity index (χ1n) is 9.02. The van der Waals surface area contributed by atoms with E-state index in [9.17, 15) is 4.79 Å². The summed E-state index contributed by atoms with van der Waals surface area (Å²) in [6.45, 7) is 3.85. The van der Waals surface area contributed by atoms with Gasteiger partial charge in [0.05, 0.1) is 0 Å². The van der Waals surface area contributed by atoms with Crippen molar-refractivity contribution >= 4 is 17.4 Å². The molecule has 0 atom stereocenters. The molecular formula is C22H25N3O2. The molecule has 0 radical (unpaired) electrons. The number of hydrogen-bond acceptors (Lipinski definition) is 4. The lowest BCUT2D eigenvalue weighted by Crippen LogP contribution is -2.14. The summed E-state index contributed by atoms with van der Waals surface area (Å²) in [5.74, 6) is 2.22. The van der Waals surface area contributed by atoms with Crippen LogP contribution in [-0.2, 0) is 11.2 Å². The van der Waals surface area contributed by atoms with Crippen LogP contribution in [0.15, 0.2) is 53.1 Å². The predicted molar refractivity (Wildman–Crippen MR) is 109 cm³/mol. The minimum absolute atomic E-state index is 0.0669. The molecule has 0 aliphatic carbocycles. The van der Waals surface area contributed by atoms with Crippen molar-refractivity contribution in [2.45, 2.75) is 26.7 Å². The van der Waals surface area contributed by atoms with E-state index >= 15 is 0 Å². The molecule has 140 valence electrons. The van der Waals surface area contributed by atoms with Gasteiger partial charge in [0.15, 0.2) is 0 Å². The molecule has 0 saturated carbocycles. The van der Waals surface area contributed by atoms with Crippen molar-refractivity contribution in [1.82, 2.24) is 4.98 Å². The van der Waals surface area contributed by atoms with Crippen molar-refractivity contribution < 1.29 is 9.21 Å². The molecule has 3 rings (SSSR count). The fourth-order valence-corrected chi connectivity index (χ4v) is 2.87. The van der Waals surface area contributed by atoms with Crippen LogP contribution in [0.5, 0.6) is 0 Å². The van der Waals surface area contributed by atoms with Crippen molar-refractivity contribution in [1.29, 1.82) is 0 Å².